The quantitative estimate of drug-likeness (QED) is 0.177. The highest BCUT2D eigenvalue weighted by molar-refractivity contribution is 7.47. The molecule has 254 valence electrons. The number of fused-ring (bicyclic) bond motifs is 5. The second-order valence-corrected chi connectivity index (χ2v) is 14.0. The van der Waals surface area contributed by atoms with Crippen molar-refractivity contribution in [2.75, 3.05) is 24.7 Å². The van der Waals surface area contributed by atoms with Crippen molar-refractivity contribution < 1.29 is 51.2 Å². The number of nitrogens with two attached hydrogens (primary N) is 2. The number of aromatic amines is 1. The zero-order chi connectivity index (χ0) is 33.2. The Hall–Kier alpha value is -3.40. The molecule has 7 heterocycles. The average Bonchev–Trinajstić information content (AvgIpc) is 3.76. The lowest BCUT2D eigenvalue weighted by molar-refractivity contribution is -0.0900. The standard InChI is InChI=1S/C23H30N10O12P2/c1-9(2)41-16-15-12(43-22(16)32-7-28-13-17(24)26-6-27-18(13)32)5-40-46(35,36)44-11-3-10(4-39-47(37,38)45-15)42-21(11)33-8-29-14-19(33)30-23(25)31-20(14)34/h6-12,15-16,21-22H,3-5H2,1-2H3,(H,35,36)(H,37,38)(H2,24,26,27)(H3,25,30,31,34)/t10?,11-,12?,15-,16-,21-,22-/m1/s1. The van der Waals surface area contributed by atoms with Gasteiger partial charge in [0.05, 0.1) is 38.1 Å². The first kappa shape index (κ1) is 32.2. The second-order valence-electron chi connectivity index (χ2n) is 11.2. The van der Waals surface area contributed by atoms with Crippen LogP contribution in [0.1, 0.15) is 32.7 Å². The van der Waals surface area contributed by atoms with Crippen LogP contribution in [0, 0.1) is 0 Å². The molecule has 7 rings (SSSR count). The van der Waals surface area contributed by atoms with Crippen LogP contribution in [0.15, 0.2) is 23.8 Å². The van der Waals surface area contributed by atoms with Crippen LogP contribution >= 0.6 is 15.6 Å². The lowest BCUT2D eigenvalue weighted by Crippen LogP contribution is -2.39. The van der Waals surface area contributed by atoms with E-state index in [1.54, 1.807) is 13.8 Å². The average molecular weight is 700 g/mol. The van der Waals surface area contributed by atoms with Gasteiger partial charge in [-0.05, 0) is 13.8 Å². The maximum absolute atomic E-state index is 13.4. The third-order valence-electron chi connectivity index (χ3n) is 7.60. The van der Waals surface area contributed by atoms with Crippen LogP contribution in [0.2, 0.25) is 0 Å². The molecule has 3 aliphatic heterocycles. The molecule has 4 aromatic rings. The van der Waals surface area contributed by atoms with E-state index in [0.717, 1.165) is 0 Å². The number of H-pyrrole nitrogens is 1. The Bertz CT molecular complexity index is 1970. The minimum Gasteiger partial charge on any atom is -0.382 e. The van der Waals surface area contributed by atoms with Gasteiger partial charge >= 0.3 is 15.6 Å². The van der Waals surface area contributed by atoms with Crippen LogP contribution in [0.25, 0.3) is 22.3 Å². The molecular weight excluding hydrogens is 670 g/mol. The first-order valence-corrected chi connectivity index (χ1v) is 17.2. The van der Waals surface area contributed by atoms with E-state index in [0.29, 0.717) is 0 Å². The molecule has 0 aromatic carbocycles. The van der Waals surface area contributed by atoms with Gasteiger partial charge in [-0.3, -0.25) is 37.0 Å². The number of anilines is 2. The van der Waals surface area contributed by atoms with Crippen molar-refractivity contribution in [3.8, 4) is 0 Å². The van der Waals surface area contributed by atoms with Gasteiger partial charge in [0.2, 0.25) is 5.95 Å². The summed E-state index contributed by atoms with van der Waals surface area (Å²) in [5.41, 5.74) is 11.5. The fraction of sp³-hybridized carbons (Fsp3) is 0.565. The van der Waals surface area contributed by atoms with E-state index in [2.05, 4.69) is 29.9 Å². The number of aromatic nitrogens is 8. The van der Waals surface area contributed by atoms with Crippen molar-refractivity contribution in [3.05, 3.63) is 29.3 Å². The van der Waals surface area contributed by atoms with Gasteiger partial charge in [-0.1, -0.05) is 0 Å². The maximum Gasteiger partial charge on any atom is 0.472 e. The Morgan fingerprint density at radius 3 is 2.40 bits per heavy atom. The SMILES string of the molecule is CC(C)O[C@@H]1[C@@H]2OP(=O)(O)OCC3C[C@@H](OP(=O)(O)OCC2O[C@H]1n1cnc2c(N)ncnc21)[C@H](n1cnc2c(=O)[nH]c(N)nc21)O3. The van der Waals surface area contributed by atoms with E-state index in [1.165, 1.54) is 28.1 Å². The van der Waals surface area contributed by atoms with E-state index in [-0.39, 0.29) is 40.5 Å². The first-order chi connectivity index (χ1) is 22.3. The van der Waals surface area contributed by atoms with E-state index >= 15 is 0 Å². The van der Waals surface area contributed by atoms with E-state index < -0.39 is 83.5 Å². The molecule has 0 saturated carbocycles. The molecule has 3 saturated heterocycles. The molecule has 4 unspecified atom stereocenters. The lowest BCUT2D eigenvalue weighted by atomic mass is 10.1. The number of ether oxygens (including phenoxy) is 3. The summed E-state index contributed by atoms with van der Waals surface area (Å²) in [4.78, 5) is 56.9. The molecule has 0 radical (unpaired) electrons. The fourth-order valence-electron chi connectivity index (χ4n) is 5.73. The third kappa shape index (κ3) is 6.18. The molecule has 9 atom stereocenters. The molecule has 47 heavy (non-hydrogen) atoms. The van der Waals surface area contributed by atoms with E-state index in [4.69, 9.17) is 43.8 Å². The first-order valence-electron chi connectivity index (χ1n) is 14.2. The Morgan fingerprint density at radius 1 is 0.936 bits per heavy atom. The van der Waals surface area contributed by atoms with Crippen LogP contribution in [-0.2, 0) is 41.4 Å². The molecular formula is C23H30N10O12P2. The number of hydrogen-bond acceptors (Lipinski definition) is 17. The summed E-state index contributed by atoms with van der Waals surface area (Å²) >= 11 is 0. The number of rotatable bonds is 4. The number of phosphoric ester groups is 2. The highest BCUT2D eigenvalue weighted by Gasteiger charge is 2.53. The van der Waals surface area contributed by atoms with Crippen LogP contribution in [-0.4, -0.2) is 98.7 Å². The molecule has 24 heteroatoms. The van der Waals surface area contributed by atoms with Crippen molar-refractivity contribution in [3.63, 3.8) is 0 Å². The Kier molecular flexibility index (Phi) is 8.17. The summed E-state index contributed by atoms with van der Waals surface area (Å²) in [6.07, 6.45) is -5.01. The van der Waals surface area contributed by atoms with Crippen LogP contribution in [0.5, 0.6) is 0 Å². The van der Waals surface area contributed by atoms with Crippen molar-refractivity contribution >= 4 is 49.7 Å². The summed E-state index contributed by atoms with van der Waals surface area (Å²) in [6.45, 7) is 2.28. The number of nitrogens with zero attached hydrogens (tertiary/aromatic N) is 7. The predicted molar refractivity (Wildman–Crippen MR) is 156 cm³/mol. The summed E-state index contributed by atoms with van der Waals surface area (Å²) in [5.74, 6) is -0.105. The van der Waals surface area contributed by atoms with Crippen molar-refractivity contribution in [1.29, 1.82) is 0 Å². The lowest BCUT2D eigenvalue weighted by Gasteiger charge is -2.28. The van der Waals surface area contributed by atoms with E-state index in [9.17, 15) is 23.7 Å². The highest BCUT2D eigenvalue weighted by atomic mass is 31.2. The molecule has 0 aliphatic carbocycles. The molecule has 3 aliphatic rings. The van der Waals surface area contributed by atoms with Gasteiger partial charge in [-0.15, -0.1) is 0 Å². The highest BCUT2D eigenvalue weighted by Crippen LogP contribution is 2.54. The maximum atomic E-state index is 13.4. The summed E-state index contributed by atoms with van der Waals surface area (Å²) in [5, 5.41) is 0. The predicted octanol–water partition coefficient (Wildman–Crippen LogP) is 0.120. The number of imidazole rings is 2. The zero-order valence-electron chi connectivity index (χ0n) is 24.6. The van der Waals surface area contributed by atoms with E-state index in [1.807, 2.05) is 0 Å². The van der Waals surface area contributed by atoms with Crippen molar-refractivity contribution in [2.45, 2.75) is 69.3 Å². The minimum atomic E-state index is -4.90. The molecule has 0 spiro atoms. The van der Waals surface area contributed by atoms with Crippen molar-refractivity contribution in [2.24, 2.45) is 0 Å². The van der Waals surface area contributed by atoms with Gasteiger partial charge in [0.25, 0.3) is 5.56 Å². The van der Waals surface area contributed by atoms with Gasteiger partial charge in [0.1, 0.15) is 36.3 Å². The summed E-state index contributed by atoms with van der Waals surface area (Å²) in [7, 11) is -9.79. The smallest absolute Gasteiger partial charge is 0.382 e. The van der Waals surface area contributed by atoms with Gasteiger partial charge in [0, 0.05) is 6.42 Å². The number of phosphoric acid groups is 2. The van der Waals surface area contributed by atoms with Crippen LogP contribution < -0.4 is 17.0 Å². The Balaban J connectivity index is 1.21. The molecule has 2 bridgehead atoms. The molecule has 22 nitrogen and oxygen atoms in total. The topological polar surface area (TPSA) is 298 Å². The monoisotopic (exact) mass is 700 g/mol. The largest absolute Gasteiger partial charge is 0.472 e. The summed E-state index contributed by atoms with van der Waals surface area (Å²) < 4.78 is 69.7. The summed E-state index contributed by atoms with van der Waals surface area (Å²) in [6, 6.07) is 0. The zero-order valence-corrected chi connectivity index (χ0v) is 26.4. The fourth-order valence-corrected chi connectivity index (χ4v) is 7.64. The molecule has 0 amide bonds. The van der Waals surface area contributed by atoms with Gasteiger partial charge in [-0.2, -0.15) is 4.98 Å². The van der Waals surface area contributed by atoms with Crippen LogP contribution in [0.3, 0.4) is 0 Å². The van der Waals surface area contributed by atoms with Gasteiger partial charge < -0.3 is 35.5 Å². The Morgan fingerprint density at radius 2 is 1.64 bits per heavy atom. The number of nitrogens with one attached hydrogen (secondary N) is 1. The third-order valence-corrected chi connectivity index (χ3v) is 9.59. The number of nitrogen functional groups attached to an aromatic ring is 2. The van der Waals surface area contributed by atoms with Crippen molar-refractivity contribution in [1.82, 2.24) is 39.0 Å². The Labute approximate surface area is 263 Å². The number of hydrogen-bond donors (Lipinski definition) is 5. The molecule has 3 fully saturated rings. The van der Waals surface area contributed by atoms with Crippen LogP contribution in [0.4, 0.5) is 11.8 Å². The molecule has 7 N–H and O–H groups in total. The second kappa shape index (κ2) is 11.9. The normalized spacial score (nSPS) is 35.1. The van der Waals surface area contributed by atoms with Gasteiger partial charge in [0.15, 0.2) is 35.1 Å². The van der Waals surface area contributed by atoms with Gasteiger partial charge in [-0.25, -0.2) is 29.1 Å². The molecule has 4 aromatic heterocycles. The minimum absolute atomic E-state index is 0.000810.